The van der Waals surface area contributed by atoms with Crippen LogP contribution >= 0.6 is 22.9 Å². The van der Waals surface area contributed by atoms with Crippen LogP contribution in [-0.2, 0) is 0 Å². The van der Waals surface area contributed by atoms with Crippen molar-refractivity contribution in [3.8, 4) is 11.5 Å². The molecule has 7 heteroatoms. The highest BCUT2D eigenvalue weighted by atomic mass is 35.5. The van der Waals surface area contributed by atoms with Gasteiger partial charge in [0.25, 0.3) is 0 Å². The van der Waals surface area contributed by atoms with E-state index in [9.17, 15) is 15.1 Å². The van der Waals surface area contributed by atoms with Crippen LogP contribution in [0.4, 0.5) is 0 Å². The van der Waals surface area contributed by atoms with Gasteiger partial charge in [0.1, 0.15) is 15.3 Å². The molecule has 0 amide bonds. The number of hydrogen-bond acceptors (Lipinski definition) is 4. The highest BCUT2D eigenvalue weighted by Gasteiger charge is 2.21. The summed E-state index contributed by atoms with van der Waals surface area (Å²) in [7, 11) is 0. The number of rotatable bonds is 3. The van der Waals surface area contributed by atoms with Crippen molar-refractivity contribution in [2.75, 3.05) is 0 Å². The maximum atomic E-state index is 11.7. The lowest BCUT2D eigenvalue weighted by atomic mass is 10.1. The number of aromatic nitrogens is 1. The van der Waals surface area contributed by atoms with E-state index in [0.29, 0.717) is 36.9 Å². The van der Waals surface area contributed by atoms with Gasteiger partial charge in [0, 0.05) is 5.02 Å². The molecule has 3 aromatic rings. The maximum Gasteiger partial charge on any atom is 0.346 e. The van der Waals surface area contributed by atoms with Gasteiger partial charge in [-0.25, -0.2) is 4.79 Å². The first-order valence-corrected chi connectivity index (χ1v) is 7.48. The average molecular weight is 336 g/mol. The van der Waals surface area contributed by atoms with Crippen LogP contribution in [0.25, 0.3) is 10.1 Å². The van der Waals surface area contributed by atoms with Gasteiger partial charge in [0.15, 0.2) is 6.20 Å². The molecular formula is C15H10ClNO4S. The number of hydrogen-bond donors (Lipinski definition) is 1. The van der Waals surface area contributed by atoms with Crippen LogP contribution in [0.2, 0.25) is 5.02 Å². The number of aryl methyl sites for hydroxylation is 1. The first-order chi connectivity index (χ1) is 10.5. The maximum absolute atomic E-state index is 11.7. The molecule has 0 aliphatic heterocycles. The zero-order valence-electron chi connectivity index (χ0n) is 11.4. The zero-order valence-corrected chi connectivity index (χ0v) is 12.9. The number of carbonyl (C=O) groups is 1. The Bertz CT molecular complexity index is 873. The molecule has 0 saturated carbocycles. The monoisotopic (exact) mass is 335 g/mol. The van der Waals surface area contributed by atoms with Crippen LogP contribution in [0.5, 0.6) is 11.5 Å². The normalized spacial score (nSPS) is 10.8. The Balaban J connectivity index is 2.15. The number of fused-ring (bicyclic) bond motifs is 1. The summed E-state index contributed by atoms with van der Waals surface area (Å²) in [4.78, 5) is 11.4. The third-order valence-electron chi connectivity index (χ3n) is 3.15. The molecule has 0 bridgehead atoms. The lowest BCUT2D eigenvalue weighted by Gasteiger charge is -2.07. The Hall–Kier alpha value is -2.31. The van der Waals surface area contributed by atoms with Gasteiger partial charge in [-0.3, -0.25) is 0 Å². The Morgan fingerprint density at radius 3 is 2.64 bits per heavy atom. The van der Waals surface area contributed by atoms with Crippen molar-refractivity contribution in [2.24, 2.45) is 0 Å². The van der Waals surface area contributed by atoms with E-state index in [2.05, 4.69) is 0 Å². The Morgan fingerprint density at radius 1 is 1.32 bits per heavy atom. The number of aromatic carboxylic acids is 1. The number of carboxylic acid groups (broad SMARTS) is 1. The van der Waals surface area contributed by atoms with Crippen molar-refractivity contribution >= 4 is 39.0 Å². The fourth-order valence-electron chi connectivity index (χ4n) is 2.18. The van der Waals surface area contributed by atoms with E-state index < -0.39 is 5.97 Å². The molecule has 5 nitrogen and oxygen atoms in total. The fraction of sp³-hybridized carbons (Fsp3) is 0.0667. The molecule has 0 saturated heterocycles. The number of thiophene rings is 1. The molecule has 0 unspecified atom stereocenters. The van der Waals surface area contributed by atoms with Gasteiger partial charge in [-0.15, -0.1) is 11.3 Å². The molecule has 0 radical (unpaired) electrons. The summed E-state index contributed by atoms with van der Waals surface area (Å²) in [6, 6.07) is 6.70. The van der Waals surface area contributed by atoms with Gasteiger partial charge < -0.3 is 15.1 Å². The molecule has 112 valence electrons. The van der Waals surface area contributed by atoms with Gasteiger partial charge in [0.2, 0.25) is 11.9 Å². The summed E-state index contributed by atoms with van der Waals surface area (Å²) < 4.78 is 6.91. The second-order valence-corrected chi connectivity index (χ2v) is 6.13. The molecule has 0 aliphatic carbocycles. The summed E-state index contributed by atoms with van der Waals surface area (Å²) in [5.74, 6) is -0.191. The minimum Gasteiger partial charge on any atom is -0.619 e. The molecular weight excluding hydrogens is 326 g/mol. The topological polar surface area (TPSA) is 73.5 Å². The zero-order chi connectivity index (χ0) is 15.9. The number of benzene rings is 1. The summed E-state index contributed by atoms with van der Waals surface area (Å²) in [5.41, 5.74) is 0.581. The Morgan fingerprint density at radius 2 is 2.00 bits per heavy atom. The molecule has 2 aromatic heterocycles. The van der Waals surface area contributed by atoms with E-state index in [4.69, 9.17) is 16.3 Å². The highest BCUT2D eigenvalue weighted by Crippen LogP contribution is 2.37. The van der Waals surface area contributed by atoms with E-state index in [0.717, 1.165) is 11.3 Å². The molecule has 3 rings (SSSR count). The predicted molar refractivity (Wildman–Crippen MR) is 84.0 cm³/mol. The van der Waals surface area contributed by atoms with Crippen molar-refractivity contribution in [1.82, 2.24) is 0 Å². The lowest BCUT2D eigenvalue weighted by molar-refractivity contribution is -0.604. The van der Waals surface area contributed by atoms with E-state index in [1.165, 1.54) is 12.4 Å². The minimum absolute atomic E-state index is 0.196. The van der Waals surface area contributed by atoms with Gasteiger partial charge in [-0.1, -0.05) is 11.6 Å². The number of nitrogens with zero attached hydrogens (tertiary/aromatic N) is 1. The Labute approximate surface area is 134 Å². The van der Waals surface area contributed by atoms with E-state index in [-0.39, 0.29) is 4.88 Å². The first-order valence-electron chi connectivity index (χ1n) is 6.28. The van der Waals surface area contributed by atoms with Crippen molar-refractivity contribution in [3.63, 3.8) is 0 Å². The van der Waals surface area contributed by atoms with Crippen LogP contribution in [0, 0.1) is 12.1 Å². The SMILES string of the molecule is Cc1c(C(=O)O)sc2c[n+]([O-])cc(Oc3ccc(Cl)cc3)c12. The number of carboxylic acids is 1. The summed E-state index contributed by atoms with van der Waals surface area (Å²) in [5, 5.41) is 22.1. The predicted octanol–water partition coefficient (Wildman–Crippen LogP) is 3.99. The summed E-state index contributed by atoms with van der Waals surface area (Å²) in [6.07, 6.45) is 2.62. The van der Waals surface area contributed by atoms with Gasteiger partial charge >= 0.3 is 5.97 Å². The molecule has 2 heterocycles. The molecule has 0 spiro atoms. The van der Waals surface area contributed by atoms with E-state index in [1.54, 1.807) is 31.2 Å². The molecule has 0 fully saturated rings. The summed E-state index contributed by atoms with van der Waals surface area (Å²) in [6.45, 7) is 1.70. The van der Waals surface area contributed by atoms with Crippen molar-refractivity contribution in [3.05, 3.63) is 57.3 Å². The molecule has 1 N–H and O–H groups in total. The van der Waals surface area contributed by atoms with E-state index in [1.807, 2.05) is 0 Å². The third kappa shape index (κ3) is 2.58. The van der Waals surface area contributed by atoms with Crippen LogP contribution in [0.1, 0.15) is 15.2 Å². The minimum atomic E-state index is -1.02. The molecule has 22 heavy (non-hydrogen) atoms. The lowest BCUT2D eigenvalue weighted by Crippen LogP contribution is -2.24. The molecule has 1 aromatic carbocycles. The summed E-state index contributed by atoms with van der Waals surface area (Å²) >= 11 is 6.88. The van der Waals surface area contributed by atoms with Crippen LogP contribution in [0.3, 0.4) is 0 Å². The van der Waals surface area contributed by atoms with Crippen molar-refractivity contribution in [1.29, 1.82) is 0 Å². The molecule has 0 atom stereocenters. The van der Waals surface area contributed by atoms with E-state index >= 15 is 0 Å². The van der Waals surface area contributed by atoms with Crippen molar-refractivity contribution in [2.45, 2.75) is 6.92 Å². The largest absolute Gasteiger partial charge is 0.619 e. The number of pyridine rings is 1. The van der Waals surface area contributed by atoms with Gasteiger partial charge in [0.05, 0.1) is 5.39 Å². The van der Waals surface area contributed by atoms with Crippen LogP contribution < -0.4 is 9.47 Å². The smallest absolute Gasteiger partial charge is 0.346 e. The van der Waals surface area contributed by atoms with Gasteiger partial charge in [-0.05, 0) is 36.8 Å². The second kappa shape index (κ2) is 5.47. The van der Waals surface area contributed by atoms with Crippen LogP contribution in [0.15, 0.2) is 36.7 Å². The van der Waals surface area contributed by atoms with Crippen molar-refractivity contribution < 1.29 is 19.4 Å². The van der Waals surface area contributed by atoms with Crippen LogP contribution in [-0.4, -0.2) is 11.1 Å². The number of ether oxygens (including phenoxy) is 1. The first kappa shape index (κ1) is 14.6. The highest BCUT2D eigenvalue weighted by molar-refractivity contribution is 7.21. The Kier molecular flexibility index (Phi) is 3.64. The second-order valence-electron chi connectivity index (χ2n) is 4.64. The third-order valence-corrected chi connectivity index (χ3v) is 4.61. The standard InChI is InChI=1S/C15H10ClNO4S/c1-8-13-11(21-10-4-2-9(16)3-5-10)6-17(20)7-12(13)22-14(8)15(18)19/h2-7H,1H3,(H,18,19). The number of halogens is 1. The fourth-order valence-corrected chi connectivity index (χ4v) is 3.38. The van der Waals surface area contributed by atoms with Gasteiger partial charge in [-0.2, -0.15) is 4.73 Å². The average Bonchev–Trinajstić information content (AvgIpc) is 2.78. The molecule has 0 aliphatic rings. The quantitative estimate of drug-likeness (QED) is 0.580.